The number of allylic oxidation sites excluding steroid dienone is 1. The lowest BCUT2D eigenvalue weighted by Gasteiger charge is -2.50. The van der Waals surface area contributed by atoms with Gasteiger partial charge in [0.25, 0.3) is 5.91 Å². The maximum absolute atomic E-state index is 14.1. The molecule has 2 aromatic carbocycles. The average Bonchev–Trinajstić information content (AvgIpc) is 2.96. The first kappa shape index (κ1) is 31.3. The van der Waals surface area contributed by atoms with Crippen molar-refractivity contribution in [3.63, 3.8) is 0 Å². The number of aliphatic hydroxyl groups excluding tert-OH is 2. The lowest BCUT2D eigenvalue weighted by molar-refractivity contribution is -0.148. The monoisotopic (exact) mass is 621 g/mol. The van der Waals surface area contributed by atoms with Crippen LogP contribution in [0.25, 0.3) is 0 Å². The van der Waals surface area contributed by atoms with Crippen molar-refractivity contribution < 1.29 is 44.3 Å². The van der Waals surface area contributed by atoms with Crippen molar-refractivity contribution in [2.75, 3.05) is 50.8 Å². The quantitative estimate of drug-likeness (QED) is 0.182. The zero-order valence-corrected chi connectivity index (χ0v) is 25.3. The summed E-state index contributed by atoms with van der Waals surface area (Å²) in [6.45, 7) is 0. The third kappa shape index (κ3) is 4.82. The van der Waals surface area contributed by atoms with E-state index >= 15 is 0 Å². The molecule has 0 fully saturated rings. The molecule has 0 aliphatic heterocycles. The number of hydrogen-bond donors (Lipinski definition) is 7. The van der Waals surface area contributed by atoms with Crippen molar-refractivity contribution in [1.29, 1.82) is 0 Å². The van der Waals surface area contributed by atoms with E-state index in [1.807, 2.05) is 0 Å². The van der Waals surface area contributed by atoms with Crippen molar-refractivity contribution in [3.05, 3.63) is 64.1 Å². The minimum atomic E-state index is -2.75. The highest BCUT2D eigenvalue weighted by Crippen LogP contribution is 2.54. The second kappa shape index (κ2) is 11.1. The Morgan fingerprint density at radius 3 is 2.24 bits per heavy atom. The number of nitrogens with zero attached hydrogens (tertiary/aromatic N) is 2. The lowest BCUT2D eigenvalue weighted by atomic mass is 9.58. The largest absolute Gasteiger partial charge is 0.510 e. The second-order valence-electron chi connectivity index (χ2n) is 11.8. The number of carbonyl (C=O) groups is 4. The zero-order valence-electron chi connectivity index (χ0n) is 25.3. The summed E-state index contributed by atoms with van der Waals surface area (Å²) < 4.78 is 5.12. The van der Waals surface area contributed by atoms with Gasteiger partial charge in [-0.25, -0.2) is 4.79 Å². The Morgan fingerprint density at radius 1 is 1.04 bits per heavy atom. The number of primary amides is 1. The first-order chi connectivity index (χ1) is 21.1. The Balaban J connectivity index is 1.60. The van der Waals surface area contributed by atoms with Crippen LogP contribution in [0.4, 0.5) is 21.9 Å². The van der Waals surface area contributed by atoms with E-state index < -0.39 is 69.8 Å². The van der Waals surface area contributed by atoms with Gasteiger partial charge in [-0.15, -0.1) is 0 Å². The fraction of sp³-hybridized carbons (Fsp3) is 0.355. The van der Waals surface area contributed by atoms with Crippen molar-refractivity contribution in [3.8, 4) is 11.5 Å². The van der Waals surface area contributed by atoms with Gasteiger partial charge < -0.3 is 46.4 Å². The Bertz CT molecular complexity index is 1700. The normalized spacial score (nSPS) is 24.1. The van der Waals surface area contributed by atoms with Crippen LogP contribution < -0.4 is 26.0 Å². The summed E-state index contributed by atoms with van der Waals surface area (Å²) in [5, 5.41) is 50.8. The molecule has 238 valence electrons. The van der Waals surface area contributed by atoms with Gasteiger partial charge in [-0.05, 0) is 68.8 Å². The van der Waals surface area contributed by atoms with E-state index in [0.29, 0.717) is 22.7 Å². The van der Waals surface area contributed by atoms with Gasteiger partial charge in [-0.2, -0.15) is 0 Å². The van der Waals surface area contributed by atoms with Gasteiger partial charge in [0.1, 0.15) is 22.8 Å². The van der Waals surface area contributed by atoms with E-state index in [0.717, 1.165) is 0 Å². The fourth-order valence-electron chi connectivity index (χ4n) is 6.75. The summed E-state index contributed by atoms with van der Waals surface area (Å²) in [5.74, 6) is -6.94. The van der Waals surface area contributed by atoms with Crippen LogP contribution in [0.1, 0.15) is 22.3 Å². The Labute approximate surface area is 258 Å². The number of likely N-dealkylation sites (N-methyl/N-ethyl adjacent to an activating group) is 1. The van der Waals surface area contributed by atoms with Crippen LogP contribution >= 0.6 is 0 Å². The molecule has 14 nitrogen and oxygen atoms in total. The van der Waals surface area contributed by atoms with E-state index in [4.69, 9.17) is 10.5 Å². The first-order valence-electron chi connectivity index (χ1n) is 14.1. The number of fused-ring (bicyclic) bond motifs is 3. The molecule has 0 spiro atoms. The molecule has 3 aliphatic rings. The van der Waals surface area contributed by atoms with Crippen molar-refractivity contribution in [2.24, 2.45) is 17.6 Å². The summed E-state index contributed by atoms with van der Waals surface area (Å²) in [7, 11) is 8.08. The number of nitrogens with one attached hydrogen (secondary N) is 2. The molecule has 8 N–H and O–H groups in total. The third-order valence-corrected chi connectivity index (χ3v) is 8.78. The highest BCUT2D eigenvalue weighted by Gasteiger charge is 2.63. The van der Waals surface area contributed by atoms with Gasteiger partial charge in [0.05, 0.1) is 24.4 Å². The van der Waals surface area contributed by atoms with Gasteiger partial charge in [-0.1, -0.05) is 0 Å². The average molecular weight is 622 g/mol. The van der Waals surface area contributed by atoms with Gasteiger partial charge in [-0.3, -0.25) is 19.3 Å². The number of Topliss-reactive ketones (excluding diaryl/α,β-unsaturated/α-hetero) is 2. The number of aliphatic hydroxyl groups is 3. The second-order valence-corrected chi connectivity index (χ2v) is 11.8. The number of phenolic OH excluding ortho intramolecular Hbond substituents is 1. The standard InChI is InChI=1S/C31H35N5O9/c1-35(2)19-12-18(34-30(43)33-14-6-8-15(45-5)9-7-14)24(37)21-16(19)10-13-11-17-23(36(3)4)26(39)22(29(32)42)28(41)31(17,44)27(40)20(13)25(21)38/h6-9,12-13,17,23,37,39-40,44H,10-11H2,1-5H3,(H2,32,42)(H2,33,34,43). The minimum absolute atomic E-state index is 0.0380. The van der Waals surface area contributed by atoms with Crippen LogP contribution in [-0.2, 0) is 16.0 Å². The molecule has 0 heterocycles. The maximum atomic E-state index is 14.1. The fourth-order valence-corrected chi connectivity index (χ4v) is 6.75. The highest BCUT2D eigenvalue weighted by molar-refractivity contribution is 6.25. The topological polar surface area (TPSA) is 215 Å². The third-order valence-electron chi connectivity index (χ3n) is 8.78. The predicted molar refractivity (Wildman–Crippen MR) is 164 cm³/mol. The molecule has 4 unspecified atom stereocenters. The number of ether oxygens (including phenoxy) is 1. The van der Waals surface area contributed by atoms with Crippen LogP contribution in [0.5, 0.6) is 11.5 Å². The smallest absolute Gasteiger partial charge is 0.323 e. The van der Waals surface area contributed by atoms with Crippen molar-refractivity contribution >= 4 is 40.6 Å². The molecular weight excluding hydrogens is 586 g/mol. The minimum Gasteiger partial charge on any atom is -0.510 e. The number of hydrogen-bond acceptors (Lipinski definition) is 11. The zero-order chi connectivity index (χ0) is 33.1. The number of urea groups is 1. The van der Waals surface area contributed by atoms with E-state index in [1.54, 1.807) is 57.4 Å². The molecule has 5 rings (SSSR count). The molecule has 0 radical (unpaired) electrons. The van der Waals surface area contributed by atoms with Crippen LogP contribution in [0.2, 0.25) is 0 Å². The SMILES string of the molecule is COc1ccc(NC(=O)Nc2cc(N(C)C)c3c(c2O)C(=O)C2=C(O)C4(O)C(=O)C(C(N)=O)=C(O)C(N(C)C)C4CC2C3)cc1. The van der Waals surface area contributed by atoms with Crippen LogP contribution in [-0.4, -0.2) is 95.8 Å². The lowest BCUT2D eigenvalue weighted by Crippen LogP contribution is -2.63. The number of benzene rings is 2. The Kier molecular flexibility index (Phi) is 7.75. The van der Waals surface area contributed by atoms with Gasteiger partial charge >= 0.3 is 6.03 Å². The summed E-state index contributed by atoms with van der Waals surface area (Å²) in [6.07, 6.45) is 0.0671. The number of methoxy groups -OCH3 is 1. The molecule has 0 saturated heterocycles. The van der Waals surface area contributed by atoms with Gasteiger partial charge in [0.15, 0.2) is 17.1 Å². The van der Waals surface area contributed by atoms with Crippen molar-refractivity contribution in [2.45, 2.75) is 24.5 Å². The number of ketones is 2. The molecule has 0 saturated carbocycles. The van der Waals surface area contributed by atoms with Crippen molar-refractivity contribution in [1.82, 2.24) is 4.90 Å². The van der Waals surface area contributed by atoms with Crippen LogP contribution in [0, 0.1) is 11.8 Å². The van der Waals surface area contributed by atoms with E-state index in [-0.39, 0.29) is 29.7 Å². The summed E-state index contributed by atoms with van der Waals surface area (Å²) in [4.78, 5) is 55.9. The Morgan fingerprint density at radius 2 is 1.69 bits per heavy atom. The summed E-state index contributed by atoms with van der Waals surface area (Å²) in [5.41, 5.74) is 2.49. The number of aromatic hydroxyl groups is 1. The maximum Gasteiger partial charge on any atom is 0.323 e. The molecule has 0 aromatic heterocycles. The van der Waals surface area contributed by atoms with Gasteiger partial charge in [0.2, 0.25) is 5.78 Å². The van der Waals surface area contributed by atoms with E-state index in [9.17, 15) is 39.6 Å². The molecular formula is C31H35N5O9. The molecule has 45 heavy (non-hydrogen) atoms. The number of carbonyl (C=O) groups excluding carboxylic acids is 4. The Hall–Kier alpha value is -5.08. The predicted octanol–water partition coefficient (Wildman–Crippen LogP) is 1.84. The molecule has 0 bridgehead atoms. The highest BCUT2D eigenvalue weighted by atomic mass is 16.5. The summed E-state index contributed by atoms with van der Waals surface area (Å²) >= 11 is 0. The van der Waals surface area contributed by atoms with E-state index in [1.165, 1.54) is 18.1 Å². The number of rotatable bonds is 6. The number of amides is 3. The molecule has 4 atom stereocenters. The summed E-state index contributed by atoms with van der Waals surface area (Å²) in [6, 6.07) is 6.23. The molecule has 14 heteroatoms. The van der Waals surface area contributed by atoms with Crippen LogP contribution in [0.15, 0.2) is 53.0 Å². The first-order valence-corrected chi connectivity index (χ1v) is 14.1. The van der Waals surface area contributed by atoms with E-state index in [2.05, 4.69) is 10.6 Å². The van der Waals surface area contributed by atoms with Crippen LogP contribution in [0.3, 0.4) is 0 Å². The number of nitrogens with two attached hydrogens (primary N) is 1. The molecule has 2 aromatic rings. The number of anilines is 3. The molecule has 3 amide bonds. The van der Waals surface area contributed by atoms with Gasteiger partial charge in [0, 0.05) is 37.0 Å². The number of phenols is 1. The molecule has 3 aliphatic carbocycles.